The Morgan fingerprint density at radius 1 is 1.40 bits per heavy atom. The third-order valence-electron chi connectivity index (χ3n) is 4.57. The number of piperidine rings is 1. The second kappa shape index (κ2) is 5.96. The number of hydrogen-bond acceptors (Lipinski definition) is 3. The lowest BCUT2D eigenvalue weighted by Gasteiger charge is -2.38. The number of carbonyl (C=O) groups is 1. The minimum atomic E-state index is -0.00814. The van der Waals surface area contributed by atoms with Gasteiger partial charge in [-0.15, -0.1) is 0 Å². The summed E-state index contributed by atoms with van der Waals surface area (Å²) in [5.41, 5.74) is 3.00. The Hall–Kier alpha value is -1.35. The van der Waals surface area contributed by atoms with Crippen LogP contribution in [-0.4, -0.2) is 37.1 Å². The van der Waals surface area contributed by atoms with Crippen molar-refractivity contribution in [1.82, 2.24) is 4.90 Å². The van der Waals surface area contributed by atoms with Gasteiger partial charge < -0.3 is 9.64 Å². The molecule has 0 aromatic heterocycles. The number of esters is 1. The van der Waals surface area contributed by atoms with Gasteiger partial charge in [0.25, 0.3) is 0 Å². The fourth-order valence-corrected chi connectivity index (χ4v) is 3.51. The Morgan fingerprint density at radius 3 is 3.05 bits per heavy atom. The lowest BCUT2D eigenvalue weighted by Crippen LogP contribution is -2.42. The second-order valence-corrected chi connectivity index (χ2v) is 5.95. The maximum absolute atomic E-state index is 11.9. The Bertz CT molecular complexity index is 486. The summed E-state index contributed by atoms with van der Waals surface area (Å²) in [7, 11) is 0. The minimum absolute atomic E-state index is 0.00814. The van der Waals surface area contributed by atoms with Crippen molar-refractivity contribution in [3.8, 4) is 0 Å². The Labute approximate surface area is 120 Å². The van der Waals surface area contributed by atoms with Crippen LogP contribution >= 0.6 is 0 Å². The highest BCUT2D eigenvalue weighted by Gasteiger charge is 2.31. The molecule has 3 rings (SSSR count). The summed E-state index contributed by atoms with van der Waals surface area (Å²) in [6, 6.07) is 8.72. The van der Waals surface area contributed by atoms with Crippen LogP contribution < -0.4 is 0 Å². The van der Waals surface area contributed by atoms with Crippen molar-refractivity contribution in [3.63, 3.8) is 0 Å². The zero-order valence-corrected chi connectivity index (χ0v) is 12.2. The first-order valence-corrected chi connectivity index (χ1v) is 7.74. The molecule has 3 nitrogen and oxygen atoms in total. The van der Waals surface area contributed by atoms with Crippen LogP contribution in [0.1, 0.15) is 36.8 Å². The Kier molecular flexibility index (Phi) is 4.06. The molecule has 1 aromatic carbocycles. The molecule has 3 heteroatoms. The summed E-state index contributed by atoms with van der Waals surface area (Å²) in [4.78, 5) is 14.3. The summed E-state index contributed by atoms with van der Waals surface area (Å²) in [6.07, 6.45) is 3.28. The van der Waals surface area contributed by atoms with Gasteiger partial charge in [0.15, 0.2) is 0 Å². The topological polar surface area (TPSA) is 29.5 Å². The van der Waals surface area contributed by atoms with Crippen molar-refractivity contribution in [2.45, 2.75) is 32.1 Å². The van der Waals surface area contributed by atoms with Gasteiger partial charge in [-0.1, -0.05) is 24.3 Å². The number of fused-ring (bicyclic) bond motifs is 1. The lowest BCUT2D eigenvalue weighted by molar-refractivity contribution is -0.149. The van der Waals surface area contributed by atoms with E-state index in [1.807, 2.05) is 6.92 Å². The van der Waals surface area contributed by atoms with Crippen molar-refractivity contribution in [2.24, 2.45) is 5.92 Å². The van der Waals surface area contributed by atoms with Gasteiger partial charge in [-0.05, 0) is 43.9 Å². The first-order valence-electron chi connectivity index (χ1n) is 7.74. The van der Waals surface area contributed by atoms with Crippen molar-refractivity contribution in [3.05, 3.63) is 35.4 Å². The van der Waals surface area contributed by atoms with Crippen LogP contribution in [-0.2, 0) is 16.0 Å². The average Bonchev–Trinajstić information content (AvgIpc) is 2.45. The standard InChI is InChI=1S/C17H23NO2/c1-2-20-17(19)14-7-5-9-18(11-14)12-15-10-13-6-3-4-8-16(13)15/h3-4,6,8,14-15H,2,5,7,9-12H2,1H3/t14-,15?/m0/s1. The Morgan fingerprint density at radius 2 is 2.25 bits per heavy atom. The number of rotatable bonds is 4. The molecule has 1 fully saturated rings. The molecule has 1 heterocycles. The summed E-state index contributed by atoms with van der Waals surface area (Å²) < 4.78 is 5.17. The predicted molar refractivity (Wildman–Crippen MR) is 78.7 cm³/mol. The molecule has 0 radical (unpaired) electrons. The van der Waals surface area contributed by atoms with E-state index >= 15 is 0 Å². The van der Waals surface area contributed by atoms with Gasteiger partial charge in [0.05, 0.1) is 12.5 Å². The lowest BCUT2D eigenvalue weighted by atomic mass is 9.77. The molecule has 0 amide bonds. The van der Waals surface area contributed by atoms with Gasteiger partial charge in [-0.25, -0.2) is 0 Å². The summed E-state index contributed by atoms with van der Waals surface area (Å²) in [6.45, 7) is 5.45. The smallest absolute Gasteiger partial charge is 0.310 e. The van der Waals surface area contributed by atoms with E-state index in [9.17, 15) is 4.79 Å². The van der Waals surface area contributed by atoms with Crippen molar-refractivity contribution >= 4 is 5.97 Å². The van der Waals surface area contributed by atoms with Crippen LogP contribution in [0.5, 0.6) is 0 Å². The van der Waals surface area contributed by atoms with E-state index in [2.05, 4.69) is 29.2 Å². The van der Waals surface area contributed by atoms with E-state index in [0.29, 0.717) is 12.5 Å². The highest BCUT2D eigenvalue weighted by atomic mass is 16.5. The Balaban J connectivity index is 1.55. The molecule has 1 saturated heterocycles. The molecule has 0 N–H and O–H groups in total. The third-order valence-corrected chi connectivity index (χ3v) is 4.57. The van der Waals surface area contributed by atoms with E-state index < -0.39 is 0 Å². The zero-order chi connectivity index (χ0) is 13.9. The minimum Gasteiger partial charge on any atom is -0.466 e. The molecule has 0 spiro atoms. The zero-order valence-electron chi connectivity index (χ0n) is 12.2. The number of ether oxygens (including phenoxy) is 1. The van der Waals surface area contributed by atoms with E-state index in [1.54, 1.807) is 0 Å². The van der Waals surface area contributed by atoms with Crippen LogP contribution in [0.25, 0.3) is 0 Å². The van der Waals surface area contributed by atoms with Gasteiger partial charge in [0.2, 0.25) is 0 Å². The second-order valence-electron chi connectivity index (χ2n) is 5.95. The van der Waals surface area contributed by atoms with E-state index in [4.69, 9.17) is 4.74 Å². The average molecular weight is 273 g/mol. The summed E-state index contributed by atoms with van der Waals surface area (Å²) >= 11 is 0. The monoisotopic (exact) mass is 273 g/mol. The molecule has 1 aliphatic carbocycles. The summed E-state index contributed by atoms with van der Waals surface area (Å²) in [5, 5.41) is 0. The van der Waals surface area contributed by atoms with Crippen LogP contribution in [0.4, 0.5) is 0 Å². The van der Waals surface area contributed by atoms with Gasteiger partial charge in [0.1, 0.15) is 0 Å². The SMILES string of the molecule is CCOC(=O)[C@H]1CCCN(CC2Cc3ccccc32)C1. The van der Waals surface area contributed by atoms with Crippen molar-refractivity contribution in [2.75, 3.05) is 26.2 Å². The molecule has 1 aromatic rings. The quantitative estimate of drug-likeness (QED) is 0.790. The number of nitrogens with zero attached hydrogens (tertiary/aromatic N) is 1. The molecular weight excluding hydrogens is 250 g/mol. The van der Waals surface area contributed by atoms with Crippen LogP contribution in [0.3, 0.4) is 0 Å². The molecule has 20 heavy (non-hydrogen) atoms. The first kappa shape index (κ1) is 13.6. The molecule has 2 aliphatic rings. The largest absolute Gasteiger partial charge is 0.466 e. The van der Waals surface area contributed by atoms with E-state index in [0.717, 1.165) is 32.5 Å². The molecule has 108 valence electrons. The molecule has 2 atom stereocenters. The van der Waals surface area contributed by atoms with E-state index in [1.165, 1.54) is 17.5 Å². The number of benzene rings is 1. The maximum Gasteiger partial charge on any atom is 0.310 e. The van der Waals surface area contributed by atoms with Gasteiger partial charge >= 0.3 is 5.97 Å². The van der Waals surface area contributed by atoms with Crippen molar-refractivity contribution < 1.29 is 9.53 Å². The first-order chi connectivity index (χ1) is 9.78. The van der Waals surface area contributed by atoms with Crippen LogP contribution in [0.2, 0.25) is 0 Å². The van der Waals surface area contributed by atoms with Gasteiger partial charge in [0, 0.05) is 19.0 Å². The molecule has 1 unspecified atom stereocenters. The van der Waals surface area contributed by atoms with E-state index in [-0.39, 0.29) is 11.9 Å². The molecule has 0 bridgehead atoms. The number of likely N-dealkylation sites (tertiary alicyclic amines) is 1. The molecule has 1 aliphatic heterocycles. The maximum atomic E-state index is 11.9. The van der Waals surface area contributed by atoms with Gasteiger partial charge in [-0.3, -0.25) is 4.79 Å². The van der Waals surface area contributed by atoms with Crippen LogP contribution in [0.15, 0.2) is 24.3 Å². The van der Waals surface area contributed by atoms with Crippen LogP contribution in [0, 0.1) is 5.92 Å². The number of hydrogen-bond donors (Lipinski definition) is 0. The van der Waals surface area contributed by atoms with Crippen molar-refractivity contribution in [1.29, 1.82) is 0 Å². The fourth-order valence-electron chi connectivity index (χ4n) is 3.51. The van der Waals surface area contributed by atoms with Gasteiger partial charge in [-0.2, -0.15) is 0 Å². The third kappa shape index (κ3) is 2.73. The summed E-state index contributed by atoms with van der Waals surface area (Å²) in [5.74, 6) is 0.734. The fraction of sp³-hybridized carbons (Fsp3) is 0.588. The molecule has 0 saturated carbocycles. The highest BCUT2D eigenvalue weighted by molar-refractivity contribution is 5.72. The molecular formula is C17H23NO2. The normalized spacial score (nSPS) is 25.6. The number of carbonyl (C=O) groups excluding carboxylic acids is 1. The predicted octanol–water partition coefficient (Wildman–Crippen LogP) is 2.60. The highest BCUT2D eigenvalue weighted by Crippen LogP contribution is 2.36.